The maximum atomic E-state index is 12.0. The number of hydrogen-bond donors (Lipinski definition) is 1. The molecule has 0 aliphatic heterocycles. The smallest absolute Gasteiger partial charge is 0.310 e. The van der Waals surface area contributed by atoms with Crippen molar-refractivity contribution in [1.82, 2.24) is 5.32 Å². The minimum Gasteiger partial charge on any atom is -0.310 e. The van der Waals surface area contributed by atoms with E-state index in [4.69, 9.17) is 0 Å². The van der Waals surface area contributed by atoms with Gasteiger partial charge in [-0.3, -0.25) is 0 Å². The first-order valence-electron chi connectivity index (χ1n) is 4.32. The Morgan fingerprint density at radius 3 is 2.31 bits per heavy atom. The Balaban J connectivity index is 4.03. The third-order valence-corrected chi connectivity index (χ3v) is 1.67. The van der Waals surface area contributed by atoms with Crippen molar-refractivity contribution < 1.29 is 13.2 Å². The number of rotatable bonds is 5. The van der Waals surface area contributed by atoms with Crippen LogP contribution in [-0.2, 0) is 0 Å². The summed E-state index contributed by atoms with van der Waals surface area (Å²) in [6, 6.07) is -0.639. The van der Waals surface area contributed by atoms with Crippen molar-refractivity contribution in [2.24, 2.45) is 0 Å². The van der Waals surface area contributed by atoms with Crippen molar-refractivity contribution in [3.63, 3.8) is 0 Å². The quantitative estimate of drug-likeness (QED) is 0.665. The summed E-state index contributed by atoms with van der Waals surface area (Å²) in [5.74, 6) is 0. The van der Waals surface area contributed by atoms with Gasteiger partial charge in [0.25, 0.3) is 0 Å². The molecular formula is C9H16F3N. The van der Waals surface area contributed by atoms with Crippen LogP contribution in [0.25, 0.3) is 0 Å². The zero-order valence-electron chi connectivity index (χ0n) is 8.04. The molecule has 0 aliphatic carbocycles. The molecule has 0 heterocycles. The van der Waals surface area contributed by atoms with Crippen molar-refractivity contribution >= 4 is 0 Å². The van der Waals surface area contributed by atoms with Gasteiger partial charge in [-0.1, -0.05) is 19.1 Å². The Labute approximate surface area is 77.0 Å². The summed E-state index contributed by atoms with van der Waals surface area (Å²) in [5, 5.41) is 2.81. The lowest BCUT2D eigenvalue weighted by Crippen LogP contribution is -2.34. The van der Waals surface area contributed by atoms with E-state index in [9.17, 15) is 13.2 Å². The minimum absolute atomic E-state index is 0.533. The Kier molecular flexibility index (Phi) is 5.06. The van der Waals surface area contributed by atoms with Crippen LogP contribution in [0.3, 0.4) is 0 Å². The molecule has 0 aromatic rings. The van der Waals surface area contributed by atoms with Crippen LogP contribution >= 0.6 is 0 Å². The van der Waals surface area contributed by atoms with E-state index in [0.717, 1.165) is 6.42 Å². The molecule has 0 aromatic carbocycles. The topological polar surface area (TPSA) is 12.0 Å². The first-order chi connectivity index (χ1) is 5.87. The molecule has 1 unspecified atom stereocenters. The molecule has 4 heteroatoms. The predicted molar refractivity (Wildman–Crippen MR) is 47.6 cm³/mol. The van der Waals surface area contributed by atoms with Gasteiger partial charge in [-0.25, -0.2) is 0 Å². The van der Waals surface area contributed by atoms with Crippen LogP contribution in [0.1, 0.15) is 26.7 Å². The van der Waals surface area contributed by atoms with Crippen molar-refractivity contribution in [1.29, 1.82) is 0 Å². The van der Waals surface area contributed by atoms with E-state index >= 15 is 0 Å². The summed E-state index contributed by atoms with van der Waals surface area (Å²) in [7, 11) is 0. The Morgan fingerprint density at radius 2 is 2.00 bits per heavy atom. The van der Waals surface area contributed by atoms with Crippen LogP contribution in [0.4, 0.5) is 13.2 Å². The third kappa shape index (κ3) is 6.63. The molecular weight excluding hydrogens is 179 g/mol. The Morgan fingerprint density at radius 1 is 1.46 bits per heavy atom. The number of alkyl halides is 3. The van der Waals surface area contributed by atoms with E-state index in [1.54, 1.807) is 6.92 Å². The lowest BCUT2D eigenvalue weighted by molar-refractivity contribution is -0.138. The van der Waals surface area contributed by atoms with E-state index in [1.165, 1.54) is 0 Å². The van der Waals surface area contributed by atoms with Gasteiger partial charge in [-0.2, -0.15) is 13.2 Å². The highest BCUT2D eigenvalue weighted by Crippen LogP contribution is 2.23. The minimum atomic E-state index is -4.12. The van der Waals surface area contributed by atoms with Gasteiger partial charge >= 0.3 is 6.18 Å². The van der Waals surface area contributed by atoms with Gasteiger partial charge in [-0.05, 0) is 19.9 Å². The van der Waals surface area contributed by atoms with Crippen LogP contribution in [-0.4, -0.2) is 18.8 Å². The molecule has 0 bridgehead atoms. The van der Waals surface area contributed by atoms with Crippen LogP contribution < -0.4 is 5.32 Å². The fraction of sp³-hybridized carbons (Fsp3) is 0.778. The molecule has 0 spiro atoms. The lowest BCUT2D eigenvalue weighted by atomic mass is 10.1. The largest absolute Gasteiger partial charge is 0.390 e. The fourth-order valence-electron chi connectivity index (χ4n) is 0.971. The summed E-state index contributed by atoms with van der Waals surface area (Å²) >= 11 is 0. The standard InChI is InChI=1S/C9H16F3N/c1-4-5-13-8(7(2)3)6-9(10,11)12/h8,13H,2,4-6H2,1,3H3. The van der Waals surface area contributed by atoms with Crippen molar-refractivity contribution in [2.75, 3.05) is 6.54 Å². The molecule has 0 rings (SSSR count). The Bertz CT molecular complexity index is 163. The number of nitrogens with one attached hydrogen (secondary N) is 1. The van der Waals surface area contributed by atoms with Gasteiger partial charge in [-0.15, -0.1) is 0 Å². The van der Waals surface area contributed by atoms with Crippen LogP contribution in [0.2, 0.25) is 0 Å². The SMILES string of the molecule is C=C(C)C(CC(F)(F)F)NCCC. The van der Waals surface area contributed by atoms with Gasteiger partial charge in [0.1, 0.15) is 0 Å². The zero-order valence-corrected chi connectivity index (χ0v) is 8.04. The summed E-state index contributed by atoms with van der Waals surface area (Å²) in [5.41, 5.74) is 0.533. The maximum absolute atomic E-state index is 12.0. The summed E-state index contributed by atoms with van der Waals surface area (Å²) < 4.78 is 36.0. The second kappa shape index (κ2) is 5.27. The molecule has 0 radical (unpaired) electrons. The van der Waals surface area contributed by atoms with Crippen molar-refractivity contribution in [3.05, 3.63) is 12.2 Å². The van der Waals surface area contributed by atoms with E-state index in [0.29, 0.717) is 12.1 Å². The first-order valence-corrected chi connectivity index (χ1v) is 4.32. The van der Waals surface area contributed by atoms with Crippen LogP contribution in [0, 0.1) is 0 Å². The monoisotopic (exact) mass is 195 g/mol. The maximum Gasteiger partial charge on any atom is 0.390 e. The van der Waals surface area contributed by atoms with Crippen molar-refractivity contribution in [3.8, 4) is 0 Å². The molecule has 78 valence electrons. The van der Waals surface area contributed by atoms with Gasteiger partial charge in [0.05, 0.1) is 6.42 Å². The van der Waals surface area contributed by atoms with E-state index < -0.39 is 18.6 Å². The zero-order chi connectivity index (χ0) is 10.5. The van der Waals surface area contributed by atoms with Crippen molar-refractivity contribution in [2.45, 2.75) is 38.9 Å². The highest BCUT2D eigenvalue weighted by Gasteiger charge is 2.31. The average Bonchev–Trinajstić information content (AvgIpc) is 1.95. The second-order valence-corrected chi connectivity index (χ2v) is 3.17. The summed E-state index contributed by atoms with van der Waals surface area (Å²) in [6.45, 7) is 7.64. The molecule has 13 heavy (non-hydrogen) atoms. The average molecular weight is 195 g/mol. The second-order valence-electron chi connectivity index (χ2n) is 3.17. The number of halogens is 3. The Hall–Kier alpha value is -0.510. The van der Waals surface area contributed by atoms with Crippen LogP contribution in [0.5, 0.6) is 0 Å². The third-order valence-electron chi connectivity index (χ3n) is 1.67. The highest BCUT2D eigenvalue weighted by atomic mass is 19.4. The van der Waals surface area contributed by atoms with E-state index in [2.05, 4.69) is 11.9 Å². The molecule has 1 atom stereocenters. The number of hydrogen-bond acceptors (Lipinski definition) is 1. The molecule has 1 nitrogen and oxygen atoms in total. The van der Waals surface area contributed by atoms with Gasteiger partial charge in [0, 0.05) is 6.04 Å². The lowest BCUT2D eigenvalue weighted by Gasteiger charge is -2.19. The van der Waals surface area contributed by atoms with E-state index in [1.807, 2.05) is 6.92 Å². The predicted octanol–water partition coefficient (Wildman–Crippen LogP) is 2.88. The van der Waals surface area contributed by atoms with E-state index in [-0.39, 0.29) is 0 Å². The molecule has 0 saturated carbocycles. The normalized spacial score (nSPS) is 14.2. The first kappa shape index (κ1) is 12.5. The molecule has 0 saturated heterocycles. The van der Waals surface area contributed by atoms with Gasteiger partial charge in [0.15, 0.2) is 0 Å². The summed E-state index contributed by atoms with van der Waals surface area (Å²) in [4.78, 5) is 0. The van der Waals surface area contributed by atoms with Crippen LogP contribution in [0.15, 0.2) is 12.2 Å². The van der Waals surface area contributed by atoms with Gasteiger partial charge < -0.3 is 5.32 Å². The highest BCUT2D eigenvalue weighted by molar-refractivity contribution is 5.02. The molecule has 0 fully saturated rings. The summed E-state index contributed by atoms with van der Waals surface area (Å²) in [6.07, 6.45) is -4.13. The fourth-order valence-corrected chi connectivity index (χ4v) is 0.971. The van der Waals surface area contributed by atoms with Gasteiger partial charge in [0.2, 0.25) is 0 Å². The molecule has 0 aromatic heterocycles. The molecule has 0 aliphatic rings. The molecule has 0 amide bonds. The molecule has 1 N–H and O–H groups in total.